The summed E-state index contributed by atoms with van der Waals surface area (Å²) in [4.78, 5) is 13.1. The molecule has 5 aliphatic rings. The van der Waals surface area contributed by atoms with Crippen LogP contribution in [0.5, 0.6) is 0 Å². The Labute approximate surface area is 248 Å². The van der Waals surface area contributed by atoms with Crippen LogP contribution in [0.4, 0.5) is 0 Å². The molecule has 224 valence electrons. The molecule has 1 aromatic rings. The van der Waals surface area contributed by atoms with Crippen molar-refractivity contribution in [3.63, 3.8) is 0 Å². The molecular formula is C36H56O3S. The van der Waals surface area contributed by atoms with Crippen LogP contribution in [-0.2, 0) is 9.78 Å². The fourth-order valence-corrected chi connectivity index (χ4v) is 12.0. The molecule has 4 saturated carbocycles. The molecular weight excluding hydrogens is 512 g/mol. The summed E-state index contributed by atoms with van der Waals surface area (Å²) >= 11 is 1.84. The molecule has 5 fully saturated rings. The van der Waals surface area contributed by atoms with Crippen LogP contribution in [0.3, 0.4) is 0 Å². The van der Waals surface area contributed by atoms with Crippen molar-refractivity contribution in [1.29, 1.82) is 0 Å². The molecule has 1 aromatic carbocycles. The number of hydrogen-bond acceptors (Lipinski definition) is 4. The van der Waals surface area contributed by atoms with Gasteiger partial charge in [0.2, 0.25) is 5.79 Å². The summed E-state index contributed by atoms with van der Waals surface area (Å²) in [5.74, 6) is 5.71. The quantitative estimate of drug-likeness (QED) is 0.250. The molecule has 4 aliphatic carbocycles. The first-order chi connectivity index (χ1) is 19.1. The first-order valence-electron chi connectivity index (χ1n) is 16.9. The third-order valence-electron chi connectivity index (χ3n) is 13.2. The van der Waals surface area contributed by atoms with Gasteiger partial charge in [0.15, 0.2) is 0 Å². The summed E-state index contributed by atoms with van der Waals surface area (Å²) in [7, 11) is 0. The van der Waals surface area contributed by atoms with E-state index in [1.165, 1.54) is 62.7 Å². The second kappa shape index (κ2) is 11.5. The third-order valence-corrected chi connectivity index (χ3v) is 14.3. The molecule has 1 saturated heterocycles. The summed E-state index contributed by atoms with van der Waals surface area (Å²) in [5, 5.41) is 11.7. The maximum absolute atomic E-state index is 11.7. The highest BCUT2D eigenvalue weighted by Crippen LogP contribution is 2.70. The van der Waals surface area contributed by atoms with Crippen molar-refractivity contribution in [3.05, 3.63) is 30.3 Å². The molecule has 6 rings (SSSR count). The van der Waals surface area contributed by atoms with Gasteiger partial charge in [0.05, 0.1) is 0 Å². The Morgan fingerprint density at radius 2 is 1.68 bits per heavy atom. The third kappa shape index (κ3) is 5.35. The van der Waals surface area contributed by atoms with Gasteiger partial charge in [-0.1, -0.05) is 72.1 Å². The Morgan fingerprint density at radius 1 is 0.900 bits per heavy atom. The van der Waals surface area contributed by atoms with E-state index in [1.54, 1.807) is 0 Å². The zero-order valence-corrected chi connectivity index (χ0v) is 26.8. The van der Waals surface area contributed by atoms with E-state index in [0.29, 0.717) is 16.7 Å². The van der Waals surface area contributed by atoms with Gasteiger partial charge in [-0.3, -0.25) is 0 Å². The van der Waals surface area contributed by atoms with Crippen molar-refractivity contribution in [2.75, 3.05) is 5.75 Å². The van der Waals surface area contributed by atoms with E-state index >= 15 is 0 Å². The zero-order chi connectivity index (χ0) is 28.1. The van der Waals surface area contributed by atoms with E-state index in [4.69, 9.17) is 9.78 Å². The molecule has 1 aliphatic heterocycles. The van der Waals surface area contributed by atoms with Gasteiger partial charge in [-0.25, -0.2) is 9.78 Å². The van der Waals surface area contributed by atoms with E-state index in [2.05, 4.69) is 65.0 Å². The lowest BCUT2D eigenvalue weighted by atomic mass is 9.43. The van der Waals surface area contributed by atoms with Gasteiger partial charge in [-0.15, -0.1) is 11.8 Å². The molecule has 0 spiro atoms. The van der Waals surface area contributed by atoms with Gasteiger partial charge in [-0.05, 0) is 116 Å². The Balaban J connectivity index is 1.13. The first kappa shape index (κ1) is 29.5. The molecule has 1 N–H and O–H groups in total. The van der Waals surface area contributed by atoms with Crippen LogP contribution in [0.15, 0.2) is 35.2 Å². The maximum atomic E-state index is 11.7. The van der Waals surface area contributed by atoms with Crippen molar-refractivity contribution in [1.82, 2.24) is 0 Å². The normalized spacial score (nSPS) is 45.3. The average molecular weight is 569 g/mol. The molecule has 1 heterocycles. The van der Waals surface area contributed by atoms with Crippen LogP contribution in [0.1, 0.15) is 112 Å². The Morgan fingerprint density at radius 3 is 2.45 bits per heavy atom. The first-order valence-corrected chi connectivity index (χ1v) is 17.9. The average Bonchev–Trinajstić information content (AvgIpc) is 3.28. The van der Waals surface area contributed by atoms with Crippen molar-refractivity contribution in [2.24, 2.45) is 58.2 Å². The smallest absolute Gasteiger partial charge is 0.202 e. The van der Waals surface area contributed by atoms with Gasteiger partial charge in [-0.2, -0.15) is 0 Å². The lowest BCUT2D eigenvalue weighted by Gasteiger charge is -2.64. The lowest BCUT2D eigenvalue weighted by Crippen LogP contribution is -2.61. The van der Waals surface area contributed by atoms with Crippen LogP contribution >= 0.6 is 11.8 Å². The van der Waals surface area contributed by atoms with Crippen LogP contribution in [0, 0.1) is 58.2 Å². The van der Waals surface area contributed by atoms with E-state index < -0.39 is 5.79 Å². The molecule has 0 aromatic heterocycles. The molecule has 0 bridgehead atoms. The van der Waals surface area contributed by atoms with Crippen molar-refractivity contribution < 1.29 is 14.9 Å². The SMILES string of the molecule is CC(C)CCC[C@@H](C)[C@H]1CC[C@H]2[C@@H]3CC[C@H]4CC5(O)OO[C@@H](CSc6ccccc6)C[C@H]5C[C@]4(C)[C@H]3CC[C@]12C. The number of hydrogen-bond donors (Lipinski definition) is 1. The predicted octanol–water partition coefficient (Wildman–Crippen LogP) is 9.54. The van der Waals surface area contributed by atoms with Gasteiger partial charge in [0.1, 0.15) is 6.10 Å². The second-order valence-electron chi connectivity index (χ2n) is 15.8. The molecule has 0 radical (unpaired) electrons. The second-order valence-corrected chi connectivity index (χ2v) is 16.9. The van der Waals surface area contributed by atoms with Crippen LogP contribution in [-0.4, -0.2) is 22.8 Å². The summed E-state index contributed by atoms with van der Waals surface area (Å²) in [6, 6.07) is 10.6. The molecule has 3 nitrogen and oxygen atoms in total. The van der Waals surface area contributed by atoms with Crippen molar-refractivity contribution in [2.45, 2.75) is 128 Å². The fraction of sp³-hybridized carbons (Fsp3) is 0.833. The van der Waals surface area contributed by atoms with Gasteiger partial charge < -0.3 is 5.11 Å². The summed E-state index contributed by atoms with van der Waals surface area (Å²) in [6.07, 6.45) is 15.4. The van der Waals surface area contributed by atoms with Gasteiger partial charge in [0, 0.05) is 23.0 Å². The van der Waals surface area contributed by atoms with Gasteiger partial charge >= 0.3 is 0 Å². The van der Waals surface area contributed by atoms with E-state index in [1.807, 2.05) is 11.8 Å². The highest BCUT2D eigenvalue weighted by atomic mass is 32.2. The maximum Gasteiger partial charge on any atom is 0.202 e. The largest absolute Gasteiger partial charge is 0.363 e. The topological polar surface area (TPSA) is 38.7 Å². The summed E-state index contributed by atoms with van der Waals surface area (Å²) in [5.41, 5.74) is 0.860. The van der Waals surface area contributed by atoms with Crippen LogP contribution in [0.2, 0.25) is 0 Å². The predicted molar refractivity (Wildman–Crippen MR) is 165 cm³/mol. The molecule has 40 heavy (non-hydrogen) atoms. The standard InChI is InChI=1S/C36H56O3S/c1-24(2)10-9-11-25(3)31-16-17-32-30-15-14-26-22-36(37)27(21-35(26,5)33(30)18-19-34(31,32)4)20-28(38-39-36)23-40-29-12-7-6-8-13-29/h6-8,12-13,24-28,30-33,37H,9-11,14-23H2,1-5H3/t25-,26+,27+,28-,30+,31-,32+,33+,34-,35+,36?/m1/s1. The fourth-order valence-electron chi connectivity index (χ4n) is 11.1. The zero-order valence-electron chi connectivity index (χ0n) is 25.9. The lowest BCUT2D eigenvalue weighted by molar-refractivity contribution is -0.487. The van der Waals surface area contributed by atoms with Crippen LogP contribution < -0.4 is 0 Å². The van der Waals surface area contributed by atoms with E-state index in [9.17, 15) is 5.11 Å². The van der Waals surface area contributed by atoms with Gasteiger partial charge in [0.25, 0.3) is 0 Å². The molecule has 4 heteroatoms. The Hall–Kier alpha value is -0.550. The number of fused-ring (bicyclic) bond motifs is 6. The monoisotopic (exact) mass is 568 g/mol. The minimum absolute atomic E-state index is 0.0393. The number of thioether (sulfide) groups is 1. The minimum atomic E-state index is -1.10. The molecule has 0 amide bonds. The van der Waals surface area contributed by atoms with E-state index in [-0.39, 0.29) is 12.0 Å². The number of aliphatic hydroxyl groups is 1. The highest BCUT2D eigenvalue weighted by molar-refractivity contribution is 7.99. The summed E-state index contributed by atoms with van der Waals surface area (Å²) < 4.78 is 0. The molecule has 1 unspecified atom stereocenters. The van der Waals surface area contributed by atoms with Crippen molar-refractivity contribution in [3.8, 4) is 0 Å². The Bertz CT molecular complexity index is 999. The molecule has 11 atom stereocenters. The summed E-state index contributed by atoms with van der Waals surface area (Å²) in [6.45, 7) is 12.7. The highest BCUT2D eigenvalue weighted by Gasteiger charge is 2.64. The van der Waals surface area contributed by atoms with E-state index in [0.717, 1.165) is 60.5 Å². The van der Waals surface area contributed by atoms with Crippen molar-refractivity contribution >= 4 is 11.8 Å². The Kier molecular flexibility index (Phi) is 8.49. The number of rotatable bonds is 8. The van der Waals surface area contributed by atoms with Crippen LogP contribution in [0.25, 0.3) is 0 Å². The minimum Gasteiger partial charge on any atom is -0.363 e. The number of benzene rings is 1.